The second kappa shape index (κ2) is 7.59. The summed E-state index contributed by atoms with van der Waals surface area (Å²) in [5.74, 6) is -0.368. The second-order valence-corrected chi connectivity index (χ2v) is 6.10. The van der Waals surface area contributed by atoms with E-state index in [4.69, 9.17) is 0 Å². The van der Waals surface area contributed by atoms with Crippen LogP contribution in [0.5, 0.6) is 0 Å². The number of benzene rings is 2. The lowest BCUT2D eigenvalue weighted by molar-refractivity contribution is -0.384. The molecular formula is C18H13N3O3S. The van der Waals surface area contributed by atoms with Crippen LogP contribution < -0.4 is 5.32 Å². The summed E-state index contributed by atoms with van der Waals surface area (Å²) >= 11 is 1.38. The maximum atomic E-state index is 12.6. The predicted octanol–water partition coefficient (Wildman–Crippen LogP) is 4.39. The third-order valence-electron chi connectivity index (χ3n) is 3.29. The predicted molar refractivity (Wildman–Crippen MR) is 95.9 cm³/mol. The van der Waals surface area contributed by atoms with Crippen molar-refractivity contribution in [2.24, 2.45) is 0 Å². The fraction of sp³-hybridized carbons (Fsp3) is 0. The minimum Gasteiger partial charge on any atom is -0.322 e. The number of carbonyl (C=O) groups excluding carboxylic acids is 1. The molecular weight excluding hydrogens is 338 g/mol. The Morgan fingerprint density at radius 3 is 2.60 bits per heavy atom. The fourth-order valence-electron chi connectivity index (χ4n) is 2.14. The van der Waals surface area contributed by atoms with Gasteiger partial charge in [-0.25, -0.2) is 4.98 Å². The maximum absolute atomic E-state index is 12.6. The summed E-state index contributed by atoms with van der Waals surface area (Å²) in [5.41, 5.74) is 0.685. The van der Waals surface area contributed by atoms with Gasteiger partial charge in [0.05, 0.1) is 10.5 Å². The van der Waals surface area contributed by atoms with Gasteiger partial charge < -0.3 is 5.32 Å². The van der Waals surface area contributed by atoms with Gasteiger partial charge in [0, 0.05) is 28.9 Å². The Bertz CT molecular complexity index is 916. The minimum absolute atomic E-state index is 0.0807. The smallest absolute Gasteiger partial charge is 0.271 e. The van der Waals surface area contributed by atoms with E-state index in [0.29, 0.717) is 16.3 Å². The molecule has 3 aromatic rings. The van der Waals surface area contributed by atoms with Crippen molar-refractivity contribution in [2.45, 2.75) is 9.92 Å². The van der Waals surface area contributed by atoms with Crippen molar-refractivity contribution in [3.8, 4) is 0 Å². The van der Waals surface area contributed by atoms with E-state index in [1.165, 1.54) is 30.0 Å². The molecule has 0 atom stereocenters. The lowest BCUT2D eigenvalue weighted by Gasteiger charge is -2.09. The monoisotopic (exact) mass is 351 g/mol. The molecule has 0 saturated carbocycles. The number of hydrogen-bond acceptors (Lipinski definition) is 5. The van der Waals surface area contributed by atoms with Crippen molar-refractivity contribution >= 4 is 29.0 Å². The Morgan fingerprint density at radius 1 is 1.04 bits per heavy atom. The summed E-state index contributed by atoms with van der Waals surface area (Å²) in [6.45, 7) is 0. The first-order valence-corrected chi connectivity index (χ1v) is 8.19. The van der Waals surface area contributed by atoms with Gasteiger partial charge in [0.25, 0.3) is 11.6 Å². The summed E-state index contributed by atoms with van der Waals surface area (Å²) in [6.07, 6.45) is 1.62. The number of carbonyl (C=O) groups is 1. The molecule has 0 saturated heterocycles. The number of hydrogen-bond donors (Lipinski definition) is 1. The van der Waals surface area contributed by atoms with Crippen LogP contribution in [-0.2, 0) is 0 Å². The molecule has 25 heavy (non-hydrogen) atoms. The number of nitro benzene ring substituents is 1. The van der Waals surface area contributed by atoms with Gasteiger partial charge in [-0.15, -0.1) is 0 Å². The average molecular weight is 351 g/mol. The highest BCUT2D eigenvalue weighted by molar-refractivity contribution is 7.99. The molecule has 1 N–H and O–H groups in total. The highest BCUT2D eigenvalue weighted by Gasteiger charge is 2.15. The Labute approximate surface area is 148 Å². The van der Waals surface area contributed by atoms with Crippen molar-refractivity contribution in [2.75, 3.05) is 5.32 Å². The molecule has 2 aromatic carbocycles. The van der Waals surface area contributed by atoms with E-state index in [1.54, 1.807) is 24.4 Å². The maximum Gasteiger partial charge on any atom is 0.271 e. The summed E-state index contributed by atoms with van der Waals surface area (Å²) in [7, 11) is 0. The van der Waals surface area contributed by atoms with Gasteiger partial charge in [-0.05, 0) is 30.3 Å². The quantitative estimate of drug-likeness (QED) is 0.544. The highest BCUT2D eigenvalue weighted by Crippen LogP contribution is 2.29. The van der Waals surface area contributed by atoms with Crippen LogP contribution >= 0.6 is 11.8 Å². The first-order valence-electron chi connectivity index (χ1n) is 7.37. The molecule has 1 amide bonds. The molecule has 0 spiro atoms. The standard InChI is InChI=1S/C18H13N3O3S/c22-17(20-13-6-4-7-14(12-13)21(23)24)16-10-5-11-19-18(16)25-15-8-2-1-3-9-15/h1-12H,(H,20,22). The number of amides is 1. The van der Waals surface area contributed by atoms with E-state index < -0.39 is 4.92 Å². The zero-order valence-electron chi connectivity index (χ0n) is 13.0. The van der Waals surface area contributed by atoms with Gasteiger partial charge in [-0.2, -0.15) is 0 Å². The minimum atomic E-state index is -0.504. The zero-order chi connectivity index (χ0) is 17.6. The Morgan fingerprint density at radius 2 is 1.84 bits per heavy atom. The Hall–Kier alpha value is -3.19. The van der Waals surface area contributed by atoms with E-state index in [-0.39, 0.29) is 11.6 Å². The number of rotatable bonds is 5. The molecule has 124 valence electrons. The molecule has 3 rings (SSSR count). The van der Waals surface area contributed by atoms with Gasteiger partial charge in [-0.1, -0.05) is 36.0 Å². The van der Waals surface area contributed by atoms with Gasteiger partial charge in [0.1, 0.15) is 5.03 Å². The molecule has 0 fully saturated rings. The molecule has 1 aromatic heterocycles. The van der Waals surface area contributed by atoms with E-state index in [2.05, 4.69) is 10.3 Å². The van der Waals surface area contributed by atoms with Crippen molar-refractivity contribution in [3.05, 3.63) is 88.6 Å². The molecule has 0 radical (unpaired) electrons. The van der Waals surface area contributed by atoms with Gasteiger partial charge in [0.2, 0.25) is 0 Å². The third-order valence-corrected chi connectivity index (χ3v) is 4.31. The SMILES string of the molecule is O=C(Nc1cccc([N+](=O)[O-])c1)c1cccnc1Sc1ccccc1. The van der Waals surface area contributed by atoms with E-state index in [9.17, 15) is 14.9 Å². The van der Waals surface area contributed by atoms with Crippen LogP contribution in [0.1, 0.15) is 10.4 Å². The van der Waals surface area contributed by atoms with Crippen LogP contribution in [0.25, 0.3) is 0 Å². The number of aromatic nitrogens is 1. The number of nitrogens with zero attached hydrogens (tertiary/aromatic N) is 2. The second-order valence-electron chi connectivity index (χ2n) is 5.03. The van der Waals surface area contributed by atoms with Gasteiger partial charge in [0.15, 0.2) is 0 Å². The molecule has 1 heterocycles. The fourth-order valence-corrected chi connectivity index (χ4v) is 3.04. The van der Waals surface area contributed by atoms with E-state index >= 15 is 0 Å². The normalized spacial score (nSPS) is 10.2. The number of non-ortho nitro benzene ring substituents is 1. The van der Waals surface area contributed by atoms with Crippen molar-refractivity contribution in [3.63, 3.8) is 0 Å². The zero-order valence-corrected chi connectivity index (χ0v) is 13.8. The lowest BCUT2D eigenvalue weighted by atomic mass is 10.2. The highest BCUT2D eigenvalue weighted by atomic mass is 32.2. The molecule has 0 aliphatic carbocycles. The topological polar surface area (TPSA) is 85.1 Å². The molecule has 0 bridgehead atoms. The molecule has 6 nitrogen and oxygen atoms in total. The van der Waals surface area contributed by atoms with Crippen LogP contribution in [0.4, 0.5) is 11.4 Å². The Balaban J connectivity index is 1.83. The van der Waals surface area contributed by atoms with Gasteiger partial charge in [-0.3, -0.25) is 14.9 Å². The number of nitrogens with one attached hydrogen (secondary N) is 1. The summed E-state index contributed by atoms with van der Waals surface area (Å²) in [6, 6.07) is 18.8. The third kappa shape index (κ3) is 4.21. The van der Waals surface area contributed by atoms with Crippen LogP contribution in [0.3, 0.4) is 0 Å². The summed E-state index contributed by atoms with van der Waals surface area (Å²) < 4.78 is 0. The number of nitro groups is 1. The van der Waals surface area contributed by atoms with Crippen molar-refractivity contribution in [1.29, 1.82) is 0 Å². The number of anilines is 1. The van der Waals surface area contributed by atoms with Gasteiger partial charge >= 0.3 is 0 Å². The largest absolute Gasteiger partial charge is 0.322 e. The van der Waals surface area contributed by atoms with Crippen LogP contribution in [0.15, 0.2) is 82.8 Å². The molecule has 7 heteroatoms. The van der Waals surface area contributed by atoms with E-state index in [1.807, 2.05) is 30.3 Å². The van der Waals surface area contributed by atoms with Crippen LogP contribution in [0.2, 0.25) is 0 Å². The lowest BCUT2D eigenvalue weighted by Crippen LogP contribution is -2.13. The first-order chi connectivity index (χ1) is 12.1. The summed E-state index contributed by atoms with van der Waals surface area (Å²) in [5, 5.41) is 14.1. The first kappa shape index (κ1) is 16.7. The van der Waals surface area contributed by atoms with Crippen LogP contribution in [-0.4, -0.2) is 15.8 Å². The molecule has 0 aliphatic rings. The molecule has 0 aliphatic heterocycles. The Kier molecular flexibility index (Phi) is 5.06. The van der Waals surface area contributed by atoms with Crippen molar-refractivity contribution < 1.29 is 9.72 Å². The van der Waals surface area contributed by atoms with Crippen molar-refractivity contribution in [1.82, 2.24) is 4.98 Å². The van der Waals surface area contributed by atoms with E-state index in [0.717, 1.165) is 4.90 Å². The number of pyridine rings is 1. The van der Waals surface area contributed by atoms with Crippen LogP contribution in [0, 0.1) is 10.1 Å². The molecule has 0 unspecified atom stereocenters. The average Bonchev–Trinajstić information content (AvgIpc) is 2.63. The summed E-state index contributed by atoms with van der Waals surface area (Å²) in [4.78, 5) is 28.2.